The maximum Gasteiger partial charge on any atom is 0.274 e. The first-order valence-electron chi connectivity index (χ1n) is 10.4. The molecule has 32 heavy (non-hydrogen) atoms. The Morgan fingerprint density at radius 1 is 1.12 bits per heavy atom. The van der Waals surface area contributed by atoms with Crippen molar-refractivity contribution < 1.29 is 14.4 Å². The van der Waals surface area contributed by atoms with Crippen LogP contribution in [0.15, 0.2) is 41.2 Å². The molecule has 0 saturated carbocycles. The standard InChI is InChI=1S/C23H23N5O4/c1-12(2)14-6-4-9-17(25-14)21(30)26-16-8-5-7-15-20(16)23(32)28(13(3)24-15)18-10-11-19(29)27-22(18)31/h4-9,12,18H,10-11H2,1-3H3,(H,26,30)(H,27,29,31). The lowest BCUT2D eigenvalue weighted by Crippen LogP contribution is -2.45. The highest BCUT2D eigenvalue weighted by atomic mass is 16.2. The molecule has 1 aromatic carbocycles. The number of aryl methyl sites for hydroxylation is 1. The molecule has 0 radical (unpaired) electrons. The maximum absolute atomic E-state index is 13.4. The van der Waals surface area contributed by atoms with Gasteiger partial charge in [0.05, 0.1) is 16.6 Å². The average molecular weight is 433 g/mol. The van der Waals surface area contributed by atoms with E-state index < -0.39 is 23.4 Å². The molecule has 1 fully saturated rings. The van der Waals surface area contributed by atoms with Crippen LogP contribution < -0.4 is 16.2 Å². The molecule has 1 atom stereocenters. The maximum atomic E-state index is 13.4. The second-order valence-corrected chi connectivity index (χ2v) is 8.06. The molecule has 3 aromatic rings. The van der Waals surface area contributed by atoms with Crippen LogP contribution in [0.4, 0.5) is 5.69 Å². The van der Waals surface area contributed by atoms with Crippen LogP contribution in [0.5, 0.6) is 0 Å². The summed E-state index contributed by atoms with van der Waals surface area (Å²) in [5.41, 5.74) is 1.24. The number of imide groups is 1. The van der Waals surface area contributed by atoms with Crippen molar-refractivity contribution in [3.8, 4) is 0 Å². The fraction of sp³-hybridized carbons (Fsp3) is 0.304. The summed E-state index contributed by atoms with van der Waals surface area (Å²) in [6.07, 6.45) is 0.343. The Bertz CT molecular complexity index is 1310. The molecule has 1 aliphatic heterocycles. The fourth-order valence-electron chi connectivity index (χ4n) is 3.84. The van der Waals surface area contributed by atoms with Gasteiger partial charge in [-0.1, -0.05) is 26.0 Å². The predicted octanol–water partition coefficient (Wildman–Crippen LogP) is 2.45. The van der Waals surface area contributed by atoms with E-state index in [2.05, 4.69) is 20.6 Å². The highest BCUT2D eigenvalue weighted by Crippen LogP contribution is 2.24. The number of carbonyl (C=O) groups excluding carboxylic acids is 3. The van der Waals surface area contributed by atoms with Gasteiger partial charge in [-0.25, -0.2) is 9.97 Å². The Morgan fingerprint density at radius 2 is 1.88 bits per heavy atom. The van der Waals surface area contributed by atoms with Crippen LogP contribution in [0.2, 0.25) is 0 Å². The lowest BCUT2D eigenvalue weighted by molar-refractivity contribution is -0.135. The minimum absolute atomic E-state index is 0.135. The number of nitrogens with zero attached hydrogens (tertiary/aromatic N) is 3. The van der Waals surface area contributed by atoms with E-state index in [0.717, 1.165) is 5.69 Å². The zero-order valence-electron chi connectivity index (χ0n) is 18.0. The molecule has 164 valence electrons. The Kier molecular flexibility index (Phi) is 5.56. The van der Waals surface area contributed by atoms with E-state index >= 15 is 0 Å². The van der Waals surface area contributed by atoms with Crippen molar-refractivity contribution in [1.82, 2.24) is 19.9 Å². The van der Waals surface area contributed by atoms with E-state index in [9.17, 15) is 19.2 Å². The number of benzene rings is 1. The number of carbonyl (C=O) groups is 3. The van der Waals surface area contributed by atoms with Crippen molar-refractivity contribution in [2.24, 2.45) is 0 Å². The van der Waals surface area contributed by atoms with Crippen LogP contribution in [0.1, 0.15) is 60.7 Å². The Hall–Kier alpha value is -3.88. The lowest BCUT2D eigenvalue weighted by atomic mass is 10.1. The van der Waals surface area contributed by atoms with Gasteiger partial charge < -0.3 is 5.32 Å². The first-order valence-corrected chi connectivity index (χ1v) is 10.4. The van der Waals surface area contributed by atoms with Crippen LogP contribution in [0.3, 0.4) is 0 Å². The van der Waals surface area contributed by atoms with Gasteiger partial charge in [0.1, 0.15) is 17.6 Å². The zero-order valence-corrected chi connectivity index (χ0v) is 18.0. The SMILES string of the molecule is Cc1nc2cccc(NC(=O)c3cccc(C(C)C)n3)c2c(=O)n1C1CCC(=O)NC1=O. The van der Waals surface area contributed by atoms with E-state index in [4.69, 9.17) is 0 Å². The van der Waals surface area contributed by atoms with Gasteiger partial charge in [-0.05, 0) is 43.5 Å². The summed E-state index contributed by atoms with van der Waals surface area (Å²) in [6, 6.07) is 9.36. The number of piperidine rings is 1. The molecule has 0 aliphatic carbocycles. The molecule has 3 amide bonds. The highest BCUT2D eigenvalue weighted by molar-refractivity contribution is 6.07. The van der Waals surface area contributed by atoms with Gasteiger partial charge in [-0.2, -0.15) is 0 Å². The summed E-state index contributed by atoms with van der Waals surface area (Å²) < 4.78 is 1.29. The van der Waals surface area contributed by atoms with Crippen molar-refractivity contribution in [3.63, 3.8) is 0 Å². The minimum atomic E-state index is -0.842. The quantitative estimate of drug-likeness (QED) is 0.609. The molecule has 0 bridgehead atoms. The molecular formula is C23H23N5O4. The summed E-state index contributed by atoms with van der Waals surface area (Å²) in [6.45, 7) is 5.61. The van der Waals surface area contributed by atoms with Gasteiger partial charge in [0, 0.05) is 12.1 Å². The number of fused-ring (bicyclic) bond motifs is 1. The summed E-state index contributed by atoms with van der Waals surface area (Å²) in [7, 11) is 0. The van der Waals surface area contributed by atoms with E-state index in [1.807, 2.05) is 19.9 Å². The summed E-state index contributed by atoms with van der Waals surface area (Å²) >= 11 is 0. The second-order valence-electron chi connectivity index (χ2n) is 8.06. The molecule has 2 aromatic heterocycles. The third-order valence-electron chi connectivity index (χ3n) is 5.47. The predicted molar refractivity (Wildman–Crippen MR) is 118 cm³/mol. The normalized spacial score (nSPS) is 16.3. The van der Waals surface area contributed by atoms with Gasteiger partial charge in [0.2, 0.25) is 11.8 Å². The molecule has 9 heteroatoms. The molecule has 1 saturated heterocycles. The summed E-state index contributed by atoms with van der Waals surface area (Å²) in [4.78, 5) is 59.1. The fourth-order valence-corrected chi connectivity index (χ4v) is 3.84. The molecule has 1 unspecified atom stereocenters. The molecule has 3 heterocycles. The summed E-state index contributed by atoms with van der Waals surface area (Å²) in [5, 5.41) is 5.23. The highest BCUT2D eigenvalue weighted by Gasteiger charge is 2.31. The van der Waals surface area contributed by atoms with E-state index in [0.29, 0.717) is 11.3 Å². The summed E-state index contributed by atoms with van der Waals surface area (Å²) in [5.74, 6) is -0.842. The first-order chi connectivity index (χ1) is 15.3. The third-order valence-corrected chi connectivity index (χ3v) is 5.47. The number of pyridine rings is 1. The van der Waals surface area contributed by atoms with E-state index in [1.165, 1.54) is 4.57 Å². The lowest BCUT2D eigenvalue weighted by Gasteiger charge is -2.24. The van der Waals surface area contributed by atoms with Crippen LogP contribution in [0.25, 0.3) is 10.9 Å². The van der Waals surface area contributed by atoms with Gasteiger partial charge >= 0.3 is 0 Å². The van der Waals surface area contributed by atoms with Gasteiger partial charge in [0.15, 0.2) is 0 Å². The molecular weight excluding hydrogens is 410 g/mol. The first kappa shape index (κ1) is 21.4. The number of amides is 3. The van der Waals surface area contributed by atoms with Crippen molar-refractivity contribution in [1.29, 1.82) is 0 Å². The van der Waals surface area contributed by atoms with Crippen molar-refractivity contribution >= 4 is 34.3 Å². The molecule has 2 N–H and O–H groups in total. The second kappa shape index (κ2) is 8.33. The number of rotatable bonds is 4. The Morgan fingerprint density at radius 3 is 2.59 bits per heavy atom. The Balaban J connectivity index is 1.77. The smallest absolute Gasteiger partial charge is 0.274 e. The number of nitrogens with one attached hydrogen (secondary N) is 2. The van der Waals surface area contributed by atoms with Gasteiger partial charge in [0.25, 0.3) is 11.5 Å². The van der Waals surface area contributed by atoms with Crippen LogP contribution in [-0.2, 0) is 9.59 Å². The average Bonchev–Trinajstić information content (AvgIpc) is 2.75. The number of hydrogen-bond donors (Lipinski definition) is 2. The van der Waals surface area contributed by atoms with Gasteiger partial charge in [-0.15, -0.1) is 0 Å². The third kappa shape index (κ3) is 3.89. The minimum Gasteiger partial charge on any atom is -0.320 e. The number of aromatic nitrogens is 3. The van der Waals surface area contributed by atoms with Crippen molar-refractivity contribution in [2.45, 2.75) is 45.6 Å². The Labute approximate surface area is 183 Å². The van der Waals surface area contributed by atoms with Crippen LogP contribution in [-0.4, -0.2) is 32.3 Å². The van der Waals surface area contributed by atoms with E-state index in [-0.39, 0.29) is 41.4 Å². The number of anilines is 1. The van der Waals surface area contributed by atoms with Crippen molar-refractivity contribution in [3.05, 3.63) is 64.0 Å². The van der Waals surface area contributed by atoms with Gasteiger partial charge in [-0.3, -0.25) is 29.1 Å². The zero-order chi connectivity index (χ0) is 23.0. The molecule has 9 nitrogen and oxygen atoms in total. The van der Waals surface area contributed by atoms with Crippen molar-refractivity contribution in [2.75, 3.05) is 5.32 Å². The van der Waals surface area contributed by atoms with Crippen LogP contribution in [0, 0.1) is 6.92 Å². The van der Waals surface area contributed by atoms with Crippen LogP contribution >= 0.6 is 0 Å². The molecule has 1 aliphatic rings. The topological polar surface area (TPSA) is 123 Å². The van der Waals surface area contributed by atoms with E-state index in [1.54, 1.807) is 37.3 Å². The molecule has 0 spiro atoms. The largest absolute Gasteiger partial charge is 0.320 e. The number of hydrogen-bond acceptors (Lipinski definition) is 6. The monoisotopic (exact) mass is 433 g/mol. The molecule has 4 rings (SSSR count).